The molecular weight excluding hydrogens is 394 g/mol. The van der Waals surface area contributed by atoms with Crippen molar-refractivity contribution in [3.05, 3.63) is 47.9 Å². The van der Waals surface area contributed by atoms with Crippen LogP contribution in [0.4, 0.5) is 16.3 Å². The number of ether oxygens (including phenoxy) is 1. The van der Waals surface area contributed by atoms with Gasteiger partial charge in [-0.2, -0.15) is 0 Å². The summed E-state index contributed by atoms with van der Waals surface area (Å²) in [6.45, 7) is 11.8. The van der Waals surface area contributed by atoms with Crippen molar-refractivity contribution in [1.82, 2.24) is 15.3 Å². The van der Waals surface area contributed by atoms with Gasteiger partial charge in [0, 0.05) is 31.4 Å². The number of anilines is 2. The highest BCUT2D eigenvalue weighted by Crippen LogP contribution is 2.15. The van der Waals surface area contributed by atoms with E-state index in [0.717, 1.165) is 37.3 Å². The summed E-state index contributed by atoms with van der Waals surface area (Å²) in [5.74, 6) is 0.462. The number of nitrogens with zero attached hydrogens (tertiary/aromatic N) is 3. The van der Waals surface area contributed by atoms with Gasteiger partial charge >= 0.3 is 6.09 Å². The normalized spacial score (nSPS) is 11.0. The number of carbonyl (C=O) groups is 2. The van der Waals surface area contributed by atoms with Gasteiger partial charge < -0.3 is 20.3 Å². The van der Waals surface area contributed by atoms with E-state index < -0.39 is 11.7 Å². The first kappa shape index (κ1) is 24.1. The molecule has 2 aromatic rings. The molecule has 168 valence electrons. The summed E-state index contributed by atoms with van der Waals surface area (Å²) in [6.07, 6.45) is 2.96. The highest BCUT2D eigenvalue weighted by atomic mass is 16.6. The zero-order chi connectivity index (χ0) is 22.9. The number of alkyl carbamates (subject to hydrolysis) is 1. The molecule has 0 aliphatic carbocycles. The van der Waals surface area contributed by atoms with Crippen molar-refractivity contribution in [2.45, 2.75) is 59.6 Å². The highest BCUT2D eigenvalue weighted by molar-refractivity contribution is 6.03. The topological polar surface area (TPSA) is 96.5 Å². The zero-order valence-electron chi connectivity index (χ0n) is 19.1. The predicted molar refractivity (Wildman–Crippen MR) is 122 cm³/mol. The van der Waals surface area contributed by atoms with Crippen LogP contribution in [0, 0.1) is 0 Å². The van der Waals surface area contributed by atoms with Crippen molar-refractivity contribution in [2.24, 2.45) is 0 Å². The summed E-state index contributed by atoms with van der Waals surface area (Å²) in [5.41, 5.74) is 1.31. The fourth-order valence-corrected chi connectivity index (χ4v) is 2.91. The van der Waals surface area contributed by atoms with Gasteiger partial charge in [0.15, 0.2) is 0 Å². The standard InChI is InChI=1S/C23H33N5O3/c1-6-12-28(13-7-2)20-14-19(25-16-26-20)21(29)27-18-10-8-17(9-11-18)15-24-22(30)31-23(3,4)5/h8-11,14,16H,6-7,12-13,15H2,1-5H3,(H,24,30)(H,27,29). The number of nitrogens with one attached hydrogen (secondary N) is 2. The minimum Gasteiger partial charge on any atom is -0.444 e. The van der Waals surface area contributed by atoms with Crippen LogP contribution in [0.3, 0.4) is 0 Å². The molecule has 0 atom stereocenters. The molecule has 0 saturated carbocycles. The largest absolute Gasteiger partial charge is 0.444 e. The molecular formula is C23H33N5O3. The third-order valence-corrected chi connectivity index (χ3v) is 4.24. The number of rotatable bonds is 9. The number of benzene rings is 1. The van der Waals surface area contributed by atoms with Crippen molar-refractivity contribution in [2.75, 3.05) is 23.3 Å². The summed E-state index contributed by atoms with van der Waals surface area (Å²) in [7, 11) is 0. The monoisotopic (exact) mass is 427 g/mol. The van der Waals surface area contributed by atoms with E-state index in [2.05, 4.69) is 39.3 Å². The maximum Gasteiger partial charge on any atom is 0.407 e. The minimum absolute atomic E-state index is 0.295. The lowest BCUT2D eigenvalue weighted by molar-refractivity contribution is 0.0523. The van der Waals surface area contributed by atoms with Gasteiger partial charge in [-0.1, -0.05) is 26.0 Å². The number of aromatic nitrogens is 2. The summed E-state index contributed by atoms with van der Waals surface area (Å²) >= 11 is 0. The molecule has 0 aliphatic rings. The molecule has 8 nitrogen and oxygen atoms in total. The van der Waals surface area contributed by atoms with Crippen molar-refractivity contribution >= 4 is 23.5 Å². The van der Waals surface area contributed by atoms with Gasteiger partial charge in [0.1, 0.15) is 23.4 Å². The predicted octanol–water partition coefficient (Wildman–Crippen LogP) is 4.38. The van der Waals surface area contributed by atoms with Crippen LogP contribution in [0.25, 0.3) is 0 Å². The molecule has 0 saturated heterocycles. The van der Waals surface area contributed by atoms with E-state index in [-0.39, 0.29) is 5.91 Å². The van der Waals surface area contributed by atoms with Crippen molar-refractivity contribution < 1.29 is 14.3 Å². The second kappa shape index (κ2) is 11.3. The lowest BCUT2D eigenvalue weighted by Gasteiger charge is -2.22. The molecule has 0 bridgehead atoms. The molecule has 1 aromatic carbocycles. The Balaban J connectivity index is 1.96. The average molecular weight is 428 g/mol. The lowest BCUT2D eigenvalue weighted by atomic mass is 10.2. The molecule has 1 aromatic heterocycles. The molecule has 1 heterocycles. The molecule has 2 rings (SSSR count). The first-order valence-electron chi connectivity index (χ1n) is 10.7. The van der Waals surface area contributed by atoms with Crippen molar-refractivity contribution in [1.29, 1.82) is 0 Å². The third kappa shape index (κ3) is 8.24. The Labute approximate surface area is 184 Å². The Kier molecular flexibility index (Phi) is 8.78. The first-order valence-corrected chi connectivity index (χ1v) is 10.7. The number of hydrogen-bond acceptors (Lipinski definition) is 6. The van der Waals surface area contributed by atoms with E-state index in [1.165, 1.54) is 6.33 Å². The zero-order valence-corrected chi connectivity index (χ0v) is 19.1. The molecule has 0 aliphatic heterocycles. The van der Waals surface area contributed by atoms with E-state index in [0.29, 0.717) is 17.9 Å². The average Bonchev–Trinajstić information content (AvgIpc) is 2.72. The van der Waals surface area contributed by atoms with E-state index in [1.54, 1.807) is 18.2 Å². The minimum atomic E-state index is -0.539. The van der Waals surface area contributed by atoms with Crippen LogP contribution in [0.5, 0.6) is 0 Å². The smallest absolute Gasteiger partial charge is 0.407 e. The second-order valence-electron chi connectivity index (χ2n) is 8.25. The van der Waals surface area contributed by atoms with Gasteiger partial charge in [0.2, 0.25) is 0 Å². The van der Waals surface area contributed by atoms with Crippen LogP contribution < -0.4 is 15.5 Å². The third-order valence-electron chi connectivity index (χ3n) is 4.24. The quantitative estimate of drug-likeness (QED) is 0.616. The maximum absolute atomic E-state index is 12.6. The molecule has 2 N–H and O–H groups in total. The molecule has 8 heteroatoms. The van der Waals surface area contributed by atoms with Crippen LogP contribution in [0.15, 0.2) is 36.7 Å². The van der Waals surface area contributed by atoms with E-state index in [1.807, 2.05) is 32.9 Å². The Morgan fingerprint density at radius 1 is 1.03 bits per heavy atom. The lowest BCUT2D eigenvalue weighted by Crippen LogP contribution is -2.32. The molecule has 0 spiro atoms. The number of amides is 2. The van der Waals surface area contributed by atoms with Crippen molar-refractivity contribution in [3.63, 3.8) is 0 Å². The molecule has 0 unspecified atom stereocenters. The van der Waals surface area contributed by atoms with Crippen LogP contribution >= 0.6 is 0 Å². The van der Waals surface area contributed by atoms with Gasteiger partial charge in [-0.15, -0.1) is 0 Å². The summed E-state index contributed by atoms with van der Waals surface area (Å²) < 4.78 is 5.22. The Morgan fingerprint density at radius 3 is 2.26 bits per heavy atom. The SMILES string of the molecule is CCCN(CCC)c1cc(C(=O)Nc2ccc(CNC(=O)OC(C)(C)C)cc2)ncn1. The van der Waals surface area contributed by atoms with Crippen LogP contribution in [-0.2, 0) is 11.3 Å². The fraction of sp³-hybridized carbons (Fsp3) is 0.478. The Hall–Kier alpha value is -3.16. The van der Waals surface area contributed by atoms with Crippen molar-refractivity contribution in [3.8, 4) is 0 Å². The van der Waals surface area contributed by atoms with Gasteiger partial charge in [0.25, 0.3) is 5.91 Å². The van der Waals surface area contributed by atoms with E-state index in [9.17, 15) is 9.59 Å². The summed E-state index contributed by atoms with van der Waals surface area (Å²) in [4.78, 5) is 35.0. The number of carbonyl (C=O) groups excluding carboxylic acids is 2. The van der Waals surface area contributed by atoms with Crippen LogP contribution in [0.1, 0.15) is 63.5 Å². The van der Waals surface area contributed by atoms with Crippen LogP contribution in [0.2, 0.25) is 0 Å². The maximum atomic E-state index is 12.6. The number of hydrogen-bond donors (Lipinski definition) is 2. The van der Waals surface area contributed by atoms with Gasteiger partial charge in [-0.05, 0) is 51.3 Å². The molecule has 31 heavy (non-hydrogen) atoms. The molecule has 2 amide bonds. The molecule has 0 radical (unpaired) electrons. The highest BCUT2D eigenvalue weighted by Gasteiger charge is 2.16. The fourth-order valence-electron chi connectivity index (χ4n) is 2.91. The van der Waals surface area contributed by atoms with E-state index >= 15 is 0 Å². The second-order valence-corrected chi connectivity index (χ2v) is 8.25. The summed E-state index contributed by atoms with van der Waals surface area (Å²) in [6, 6.07) is 8.96. The van der Waals surface area contributed by atoms with Gasteiger partial charge in [-0.3, -0.25) is 4.79 Å². The molecule has 0 fully saturated rings. The first-order chi connectivity index (χ1) is 14.7. The van der Waals surface area contributed by atoms with E-state index in [4.69, 9.17) is 4.74 Å². The van der Waals surface area contributed by atoms with Gasteiger partial charge in [0.05, 0.1) is 0 Å². The van der Waals surface area contributed by atoms with Gasteiger partial charge in [-0.25, -0.2) is 14.8 Å². The Morgan fingerprint density at radius 2 is 1.68 bits per heavy atom. The Bertz CT molecular complexity index is 856. The summed E-state index contributed by atoms with van der Waals surface area (Å²) in [5, 5.41) is 5.56. The van der Waals surface area contributed by atoms with Crippen LogP contribution in [-0.4, -0.2) is 40.7 Å².